The van der Waals surface area contributed by atoms with Crippen LogP contribution < -0.4 is 4.90 Å². The molecule has 0 saturated carbocycles. The minimum Gasteiger partial charge on any atom is -0.372 e. The second-order valence-electron chi connectivity index (χ2n) is 7.83. The number of amides is 1. The number of carbonyl (C=O) groups is 1. The number of rotatable bonds is 4. The molecule has 4 rings (SSSR count). The van der Waals surface area contributed by atoms with Crippen LogP contribution in [0.25, 0.3) is 0 Å². The SMILES string of the molecule is CS(=O)(=O)c1ccc(N2CCC(CC(=O)N3CCc4sccc4C3)CC2)cc1. The lowest BCUT2D eigenvalue weighted by Gasteiger charge is -2.35. The van der Waals surface area contributed by atoms with Crippen LogP contribution in [0.5, 0.6) is 0 Å². The van der Waals surface area contributed by atoms with E-state index in [1.54, 1.807) is 23.5 Å². The molecule has 1 aromatic carbocycles. The van der Waals surface area contributed by atoms with Crippen molar-refractivity contribution in [2.24, 2.45) is 5.92 Å². The summed E-state index contributed by atoms with van der Waals surface area (Å²) in [6.07, 6.45) is 4.85. The Morgan fingerprint density at radius 3 is 2.50 bits per heavy atom. The standard InChI is InChI=1S/C21H26N2O3S2/c1-28(25,26)19-4-2-18(3-5-19)22-10-6-16(7-11-22)14-21(24)23-12-8-20-17(15-23)9-13-27-20/h2-5,9,13,16H,6-8,10-12,14-15H2,1H3. The van der Waals surface area contributed by atoms with Gasteiger partial charge in [0, 0.05) is 49.4 Å². The van der Waals surface area contributed by atoms with Gasteiger partial charge in [-0.05, 0) is 66.5 Å². The van der Waals surface area contributed by atoms with Gasteiger partial charge in [0.05, 0.1) is 4.90 Å². The largest absolute Gasteiger partial charge is 0.372 e. The van der Waals surface area contributed by atoms with Gasteiger partial charge in [-0.25, -0.2) is 8.42 Å². The normalized spacial score (nSPS) is 18.2. The highest BCUT2D eigenvalue weighted by Crippen LogP contribution is 2.29. The van der Waals surface area contributed by atoms with Crippen LogP contribution in [0.2, 0.25) is 0 Å². The van der Waals surface area contributed by atoms with Crippen LogP contribution in [0.1, 0.15) is 29.7 Å². The summed E-state index contributed by atoms with van der Waals surface area (Å²) in [5.74, 6) is 0.718. The minimum atomic E-state index is -3.16. The third-order valence-corrected chi connectivity index (χ3v) is 8.02. The summed E-state index contributed by atoms with van der Waals surface area (Å²) >= 11 is 1.80. The summed E-state index contributed by atoms with van der Waals surface area (Å²) in [6.45, 7) is 3.43. The van der Waals surface area contributed by atoms with E-state index in [0.717, 1.165) is 51.1 Å². The quantitative estimate of drug-likeness (QED) is 0.764. The number of benzene rings is 1. The molecule has 2 aromatic rings. The maximum Gasteiger partial charge on any atom is 0.223 e. The summed E-state index contributed by atoms with van der Waals surface area (Å²) in [5, 5.41) is 2.12. The number of anilines is 1. The molecule has 2 aliphatic rings. The first-order valence-electron chi connectivity index (χ1n) is 9.78. The Labute approximate surface area is 170 Å². The maximum absolute atomic E-state index is 12.7. The van der Waals surface area contributed by atoms with Gasteiger partial charge in [0.1, 0.15) is 0 Å². The van der Waals surface area contributed by atoms with Gasteiger partial charge in [-0.2, -0.15) is 0 Å². The van der Waals surface area contributed by atoms with Crippen LogP contribution >= 0.6 is 11.3 Å². The van der Waals surface area contributed by atoms with Crippen LogP contribution in [0, 0.1) is 5.92 Å². The average Bonchev–Trinajstić information content (AvgIpc) is 3.16. The van der Waals surface area contributed by atoms with Crippen LogP contribution in [0.3, 0.4) is 0 Å². The second-order valence-corrected chi connectivity index (χ2v) is 10.9. The molecule has 2 aliphatic heterocycles. The number of carbonyl (C=O) groups excluding carboxylic acids is 1. The Balaban J connectivity index is 1.29. The summed E-state index contributed by atoms with van der Waals surface area (Å²) < 4.78 is 23.2. The monoisotopic (exact) mass is 418 g/mol. The Bertz CT molecular complexity index is 942. The highest BCUT2D eigenvalue weighted by atomic mass is 32.2. The fourth-order valence-corrected chi connectivity index (χ4v) is 5.66. The number of hydrogen-bond donors (Lipinski definition) is 0. The Morgan fingerprint density at radius 1 is 1.11 bits per heavy atom. The number of piperidine rings is 1. The molecular weight excluding hydrogens is 392 g/mol. The molecule has 1 fully saturated rings. The van der Waals surface area contributed by atoms with Crippen LogP contribution in [-0.2, 0) is 27.6 Å². The van der Waals surface area contributed by atoms with Gasteiger partial charge >= 0.3 is 0 Å². The van der Waals surface area contributed by atoms with E-state index in [2.05, 4.69) is 16.3 Å². The lowest BCUT2D eigenvalue weighted by atomic mass is 9.92. The predicted octanol–water partition coefficient (Wildman–Crippen LogP) is 3.34. The number of thiophene rings is 1. The van der Waals surface area contributed by atoms with Crippen molar-refractivity contribution in [3.05, 3.63) is 46.2 Å². The topological polar surface area (TPSA) is 57.7 Å². The minimum absolute atomic E-state index is 0.285. The molecule has 1 amide bonds. The van der Waals surface area contributed by atoms with E-state index in [1.807, 2.05) is 17.0 Å². The fraction of sp³-hybridized carbons (Fsp3) is 0.476. The van der Waals surface area contributed by atoms with Gasteiger partial charge < -0.3 is 9.80 Å². The lowest BCUT2D eigenvalue weighted by Crippen LogP contribution is -2.39. The van der Waals surface area contributed by atoms with Gasteiger partial charge in [-0.15, -0.1) is 11.3 Å². The lowest BCUT2D eigenvalue weighted by molar-refractivity contribution is -0.133. The molecule has 3 heterocycles. The second kappa shape index (κ2) is 7.87. The van der Waals surface area contributed by atoms with Crippen molar-refractivity contribution < 1.29 is 13.2 Å². The van der Waals surface area contributed by atoms with E-state index in [9.17, 15) is 13.2 Å². The number of hydrogen-bond acceptors (Lipinski definition) is 5. The molecule has 0 bridgehead atoms. The van der Waals surface area contributed by atoms with E-state index in [-0.39, 0.29) is 5.91 Å². The predicted molar refractivity (Wildman–Crippen MR) is 113 cm³/mol. The molecule has 150 valence electrons. The van der Waals surface area contributed by atoms with E-state index >= 15 is 0 Å². The number of sulfone groups is 1. The molecule has 0 radical (unpaired) electrons. The number of fused-ring (bicyclic) bond motifs is 1. The smallest absolute Gasteiger partial charge is 0.223 e. The van der Waals surface area contributed by atoms with Crippen molar-refractivity contribution in [3.8, 4) is 0 Å². The van der Waals surface area contributed by atoms with Crippen LogP contribution in [0.15, 0.2) is 40.6 Å². The van der Waals surface area contributed by atoms with Crippen molar-refractivity contribution in [3.63, 3.8) is 0 Å². The van der Waals surface area contributed by atoms with Crippen molar-refractivity contribution in [2.45, 2.75) is 37.1 Å². The molecule has 7 heteroatoms. The first-order chi connectivity index (χ1) is 13.4. The van der Waals surface area contributed by atoms with Gasteiger partial charge in [0.2, 0.25) is 5.91 Å². The van der Waals surface area contributed by atoms with E-state index < -0.39 is 9.84 Å². The average molecular weight is 419 g/mol. The highest BCUT2D eigenvalue weighted by molar-refractivity contribution is 7.90. The summed E-state index contributed by atoms with van der Waals surface area (Å²) in [5.41, 5.74) is 2.37. The molecular formula is C21H26N2O3S2. The summed E-state index contributed by atoms with van der Waals surface area (Å²) in [7, 11) is -3.16. The molecule has 0 atom stereocenters. The number of nitrogens with zero attached hydrogens (tertiary/aromatic N) is 2. The Hall–Kier alpha value is -1.86. The first kappa shape index (κ1) is 19.5. The first-order valence-corrected chi connectivity index (χ1v) is 12.6. The molecule has 28 heavy (non-hydrogen) atoms. The van der Waals surface area contributed by atoms with E-state index in [4.69, 9.17) is 0 Å². The van der Waals surface area contributed by atoms with Crippen molar-refractivity contribution in [1.82, 2.24) is 4.90 Å². The van der Waals surface area contributed by atoms with E-state index in [1.165, 1.54) is 16.7 Å². The Morgan fingerprint density at radius 2 is 1.82 bits per heavy atom. The van der Waals surface area contributed by atoms with Crippen LogP contribution in [0.4, 0.5) is 5.69 Å². The van der Waals surface area contributed by atoms with Gasteiger partial charge in [0.25, 0.3) is 0 Å². The summed E-state index contributed by atoms with van der Waals surface area (Å²) in [4.78, 5) is 18.8. The molecule has 5 nitrogen and oxygen atoms in total. The molecule has 0 spiro atoms. The van der Waals surface area contributed by atoms with Gasteiger partial charge in [-0.1, -0.05) is 0 Å². The Kier molecular flexibility index (Phi) is 5.47. The van der Waals surface area contributed by atoms with E-state index in [0.29, 0.717) is 17.2 Å². The zero-order valence-corrected chi connectivity index (χ0v) is 17.8. The zero-order chi connectivity index (χ0) is 19.7. The molecule has 0 N–H and O–H groups in total. The van der Waals surface area contributed by atoms with Crippen molar-refractivity contribution in [1.29, 1.82) is 0 Å². The third-order valence-electron chi connectivity index (χ3n) is 5.87. The molecule has 0 aliphatic carbocycles. The van der Waals surface area contributed by atoms with Gasteiger partial charge in [-0.3, -0.25) is 4.79 Å². The van der Waals surface area contributed by atoms with Crippen molar-refractivity contribution in [2.75, 3.05) is 30.8 Å². The molecule has 1 aromatic heterocycles. The zero-order valence-electron chi connectivity index (χ0n) is 16.1. The highest BCUT2D eigenvalue weighted by Gasteiger charge is 2.26. The summed E-state index contributed by atoms with van der Waals surface area (Å²) in [6, 6.07) is 9.26. The molecule has 1 saturated heterocycles. The fourth-order valence-electron chi connectivity index (χ4n) is 4.14. The third kappa shape index (κ3) is 4.25. The van der Waals surface area contributed by atoms with Gasteiger partial charge in [0.15, 0.2) is 9.84 Å². The van der Waals surface area contributed by atoms with Crippen molar-refractivity contribution >= 4 is 32.8 Å². The maximum atomic E-state index is 12.7. The van der Waals surface area contributed by atoms with Crippen LogP contribution in [-0.4, -0.2) is 45.1 Å². The molecule has 0 unspecified atom stereocenters.